The van der Waals surface area contributed by atoms with Crippen LogP contribution in [0, 0.1) is 26.6 Å². The Hall–Kier alpha value is -4.50. The second-order valence-corrected chi connectivity index (χ2v) is 13.5. The van der Waals surface area contributed by atoms with Crippen molar-refractivity contribution in [2.45, 2.75) is 64.4 Å². The van der Waals surface area contributed by atoms with Gasteiger partial charge in [0.05, 0.1) is 10.6 Å². The van der Waals surface area contributed by atoms with Crippen molar-refractivity contribution in [3.05, 3.63) is 131 Å². The Morgan fingerprint density at radius 3 is 2.11 bits per heavy atom. The van der Waals surface area contributed by atoms with Gasteiger partial charge in [0.25, 0.3) is 10.0 Å². The summed E-state index contributed by atoms with van der Waals surface area (Å²) >= 11 is 0. The van der Waals surface area contributed by atoms with E-state index in [2.05, 4.69) is 5.32 Å². The van der Waals surface area contributed by atoms with Crippen LogP contribution in [0.5, 0.6) is 0 Å². The minimum atomic E-state index is -4.20. The molecule has 0 saturated carbocycles. The van der Waals surface area contributed by atoms with Crippen molar-refractivity contribution in [2.75, 3.05) is 17.4 Å². The molecular weight excluding hydrogens is 601 g/mol. The number of carbonyl (C=O) groups excluding carboxylic acids is 2. The molecule has 0 radical (unpaired) electrons. The van der Waals surface area contributed by atoms with E-state index in [0.717, 1.165) is 33.8 Å². The molecule has 2 amide bonds. The molecule has 4 rings (SSSR count). The van der Waals surface area contributed by atoms with Crippen molar-refractivity contribution in [3.8, 4) is 0 Å². The van der Waals surface area contributed by atoms with E-state index in [-0.39, 0.29) is 23.8 Å². The van der Waals surface area contributed by atoms with E-state index in [1.165, 1.54) is 29.2 Å². The van der Waals surface area contributed by atoms with Crippen LogP contribution in [0.2, 0.25) is 0 Å². The van der Waals surface area contributed by atoms with Crippen molar-refractivity contribution in [1.82, 2.24) is 10.2 Å². The van der Waals surface area contributed by atoms with E-state index in [4.69, 9.17) is 0 Å². The Bertz CT molecular complexity index is 1730. The molecule has 0 aliphatic heterocycles. The average Bonchev–Trinajstić information content (AvgIpc) is 3.03. The summed E-state index contributed by atoms with van der Waals surface area (Å²) in [6, 6.07) is 26.0. The van der Waals surface area contributed by atoms with Gasteiger partial charge in [0.1, 0.15) is 18.4 Å². The van der Waals surface area contributed by atoms with Crippen LogP contribution in [-0.4, -0.2) is 44.3 Å². The van der Waals surface area contributed by atoms with Crippen LogP contribution in [0.25, 0.3) is 0 Å². The Kier molecular flexibility index (Phi) is 11.7. The summed E-state index contributed by atoms with van der Waals surface area (Å²) in [5.74, 6) is -1.33. The quantitative estimate of drug-likeness (QED) is 0.159. The van der Waals surface area contributed by atoms with Crippen LogP contribution >= 0.6 is 0 Å². The lowest BCUT2D eigenvalue weighted by Crippen LogP contribution is -2.53. The van der Waals surface area contributed by atoms with Gasteiger partial charge in [-0.3, -0.25) is 13.9 Å². The molecule has 7 nitrogen and oxygen atoms in total. The highest BCUT2D eigenvalue weighted by Crippen LogP contribution is 2.29. The molecule has 242 valence electrons. The summed E-state index contributed by atoms with van der Waals surface area (Å²) in [6.07, 6.45) is 1.86. The number of benzene rings is 4. The van der Waals surface area contributed by atoms with E-state index in [1.807, 2.05) is 57.2 Å². The fraction of sp³-hybridized carbons (Fsp3) is 0.297. The third kappa shape index (κ3) is 8.81. The topological polar surface area (TPSA) is 86.8 Å². The first kappa shape index (κ1) is 34.4. The summed E-state index contributed by atoms with van der Waals surface area (Å²) in [4.78, 5) is 29.8. The Labute approximate surface area is 272 Å². The molecule has 0 aromatic heterocycles. The van der Waals surface area contributed by atoms with Gasteiger partial charge in [-0.1, -0.05) is 91.2 Å². The summed E-state index contributed by atoms with van der Waals surface area (Å²) < 4.78 is 43.5. The van der Waals surface area contributed by atoms with Crippen molar-refractivity contribution >= 4 is 27.5 Å². The van der Waals surface area contributed by atoms with E-state index in [9.17, 15) is 22.4 Å². The molecule has 0 spiro atoms. The van der Waals surface area contributed by atoms with Crippen LogP contribution in [-0.2, 0) is 32.6 Å². The molecule has 1 N–H and O–H groups in total. The molecule has 0 heterocycles. The molecule has 1 atom stereocenters. The summed E-state index contributed by atoms with van der Waals surface area (Å²) in [7, 11) is -4.20. The number of rotatable bonds is 14. The number of carbonyl (C=O) groups is 2. The van der Waals surface area contributed by atoms with Crippen LogP contribution in [0.3, 0.4) is 0 Å². The largest absolute Gasteiger partial charge is 0.354 e. The highest BCUT2D eigenvalue weighted by Gasteiger charge is 2.35. The predicted molar refractivity (Wildman–Crippen MR) is 180 cm³/mol. The number of aryl methyl sites for hydroxylation is 3. The van der Waals surface area contributed by atoms with Gasteiger partial charge >= 0.3 is 0 Å². The maximum absolute atomic E-state index is 14.5. The molecule has 0 aliphatic rings. The fourth-order valence-corrected chi connectivity index (χ4v) is 6.76. The van der Waals surface area contributed by atoms with Crippen LogP contribution in [0.1, 0.15) is 47.6 Å². The molecule has 9 heteroatoms. The maximum Gasteiger partial charge on any atom is 0.264 e. The van der Waals surface area contributed by atoms with E-state index in [0.29, 0.717) is 23.4 Å². The van der Waals surface area contributed by atoms with Crippen molar-refractivity contribution < 1.29 is 22.4 Å². The van der Waals surface area contributed by atoms with Gasteiger partial charge in [0, 0.05) is 19.5 Å². The van der Waals surface area contributed by atoms with Crippen LogP contribution in [0.4, 0.5) is 10.1 Å². The van der Waals surface area contributed by atoms with E-state index >= 15 is 0 Å². The molecule has 0 fully saturated rings. The normalized spacial score (nSPS) is 11.9. The third-order valence-corrected chi connectivity index (χ3v) is 9.65. The number of nitrogens with one attached hydrogen (secondary N) is 1. The number of nitrogens with zero attached hydrogens (tertiary/aromatic N) is 2. The van der Waals surface area contributed by atoms with Gasteiger partial charge in [0.15, 0.2) is 0 Å². The highest BCUT2D eigenvalue weighted by molar-refractivity contribution is 7.92. The molecule has 0 saturated heterocycles. The second kappa shape index (κ2) is 15.7. The monoisotopic (exact) mass is 643 g/mol. The number of sulfonamides is 1. The summed E-state index contributed by atoms with van der Waals surface area (Å²) in [5.41, 5.74) is 4.35. The number of unbranched alkanes of at least 4 members (excludes halogenated alkanes) is 1. The first-order valence-electron chi connectivity index (χ1n) is 15.5. The first-order valence-corrected chi connectivity index (χ1v) is 17.0. The number of hydrogen-bond donors (Lipinski definition) is 1. The molecule has 4 aromatic rings. The fourth-order valence-electron chi connectivity index (χ4n) is 5.28. The predicted octanol–water partition coefficient (Wildman–Crippen LogP) is 6.50. The molecule has 46 heavy (non-hydrogen) atoms. The van der Waals surface area contributed by atoms with Gasteiger partial charge in [-0.05, 0) is 74.2 Å². The zero-order valence-electron chi connectivity index (χ0n) is 26.9. The molecule has 0 aliphatic carbocycles. The van der Waals surface area contributed by atoms with Crippen molar-refractivity contribution in [1.29, 1.82) is 0 Å². The maximum atomic E-state index is 14.5. The van der Waals surface area contributed by atoms with Gasteiger partial charge in [-0.15, -0.1) is 0 Å². The molecule has 4 aromatic carbocycles. The lowest BCUT2D eigenvalue weighted by Gasteiger charge is -2.34. The average molecular weight is 644 g/mol. The highest BCUT2D eigenvalue weighted by atomic mass is 32.2. The molecule has 0 bridgehead atoms. The second-order valence-electron chi connectivity index (χ2n) is 11.6. The lowest BCUT2D eigenvalue weighted by atomic mass is 10.0. The van der Waals surface area contributed by atoms with Gasteiger partial charge < -0.3 is 10.2 Å². The zero-order chi connectivity index (χ0) is 33.3. The van der Waals surface area contributed by atoms with Gasteiger partial charge in [0.2, 0.25) is 11.8 Å². The Balaban J connectivity index is 1.81. The third-order valence-electron chi connectivity index (χ3n) is 7.88. The summed E-state index contributed by atoms with van der Waals surface area (Å²) in [5, 5.41) is 2.97. The smallest absolute Gasteiger partial charge is 0.264 e. The minimum Gasteiger partial charge on any atom is -0.354 e. The van der Waals surface area contributed by atoms with Crippen LogP contribution in [0.15, 0.2) is 102 Å². The Morgan fingerprint density at radius 1 is 0.826 bits per heavy atom. The zero-order valence-corrected chi connectivity index (χ0v) is 27.7. The summed E-state index contributed by atoms with van der Waals surface area (Å²) in [6.45, 7) is 7.48. The number of halogens is 1. The van der Waals surface area contributed by atoms with Crippen molar-refractivity contribution in [2.24, 2.45) is 0 Å². The molecular formula is C37H42FN3O4S. The molecule has 0 unspecified atom stereocenters. The lowest BCUT2D eigenvalue weighted by molar-refractivity contribution is -0.140. The number of anilines is 1. The Morgan fingerprint density at radius 2 is 1.48 bits per heavy atom. The number of hydrogen-bond acceptors (Lipinski definition) is 4. The number of amides is 2. The SMILES string of the molecule is CCCCNC(=O)[C@@H](Cc1ccccc1)N(Cc1ccc(F)cc1)C(=O)CN(c1ccc(C)cc1C)S(=O)(=O)c1ccc(C)cc1. The van der Waals surface area contributed by atoms with Gasteiger partial charge in [-0.25, -0.2) is 12.8 Å². The first-order chi connectivity index (χ1) is 22.0. The van der Waals surface area contributed by atoms with E-state index in [1.54, 1.807) is 43.3 Å². The minimum absolute atomic E-state index is 0.0247. The van der Waals surface area contributed by atoms with E-state index < -0.39 is 34.3 Å². The van der Waals surface area contributed by atoms with Gasteiger partial charge in [-0.2, -0.15) is 0 Å². The standard InChI is InChI=1S/C37H42FN3O4S/c1-5-6-22-39-37(43)35(24-30-10-8-7-9-11-30)40(25-31-15-17-32(38)18-16-31)36(42)26-41(34-21-14-28(3)23-29(34)4)46(44,45)33-19-12-27(2)13-20-33/h7-21,23,35H,5-6,22,24-26H2,1-4H3,(H,39,43)/t35-/m1/s1. The van der Waals surface area contributed by atoms with Crippen LogP contribution < -0.4 is 9.62 Å². The van der Waals surface area contributed by atoms with Crippen molar-refractivity contribution in [3.63, 3.8) is 0 Å².